The van der Waals surface area contributed by atoms with Gasteiger partial charge in [-0.15, -0.1) is 0 Å². The number of nitrogens with zero attached hydrogens (tertiary/aromatic N) is 1. The first-order chi connectivity index (χ1) is 12.9. The van der Waals surface area contributed by atoms with Crippen molar-refractivity contribution in [2.45, 2.75) is 51.0 Å². The Hall–Kier alpha value is -2.24. The van der Waals surface area contributed by atoms with E-state index in [9.17, 15) is 9.59 Å². The second kappa shape index (κ2) is 7.06. The van der Waals surface area contributed by atoms with Gasteiger partial charge in [-0.3, -0.25) is 9.59 Å². The molecule has 0 bridgehead atoms. The number of amides is 2. The van der Waals surface area contributed by atoms with E-state index in [0.29, 0.717) is 38.1 Å². The summed E-state index contributed by atoms with van der Waals surface area (Å²) in [5.41, 5.74) is 0.214. The zero-order chi connectivity index (χ0) is 19.0. The van der Waals surface area contributed by atoms with Crippen LogP contribution in [0.25, 0.3) is 0 Å². The van der Waals surface area contributed by atoms with Crippen LogP contribution in [0.1, 0.15) is 45.1 Å². The van der Waals surface area contributed by atoms with Crippen molar-refractivity contribution in [2.75, 3.05) is 26.3 Å². The molecule has 6 heteroatoms. The highest BCUT2D eigenvalue weighted by Gasteiger charge is 2.38. The molecule has 0 spiro atoms. The predicted octanol–water partition coefficient (Wildman–Crippen LogP) is 2.25. The average molecular weight is 372 g/mol. The molecule has 1 saturated heterocycles. The molecule has 2 amide bonds. The molecule has 6 nitrogen and oxygen atoms in total. The van der Waals surface area contributed by atoms with E-state index in [2.05, 4.69) is 5.32 Å². The van der Waals surface area contributed by atoms with E-state index in [1.807, 2.05) is 36.9 Å². The summed E-state index contributed by atoms with van der Waals surface area (Å²) >= 11 is 0. The van der Waals surface area contributed by atoms with E-state index in [0.717, 1.165) is 37.0 Å². The van der Waals surface area contributed by atoms with Crippen LogP contribution in [0.4, 0.5) is 0 Å². The molecule has 2 fully saturated rings. The van der Waals surface area contributed by atoms with E-state index in [4.69, 9.17) is 9.47 Å². The molecule has 2 aliphatic heterocycles. The number of piperidine rings is 1. The molecule has 1 N–H and O–H groups in total. The minimum Gasteiger partial charge on any atom is -0.486 e. The lowest BCUT2D eigenvalue weighted by atomic mass is 9.82. The van der Waals surface area contributed by atoms with Gasteiger partial charge in [-0.2, -0.15) is 0 Å². The summed E-state index contributed by atoms with van der Waals surface area (Å²) in [5, 5.41) is 3.08. The van der Waals surface area contributed by atoms with Gasteiger partial charge in [-0.1, -0.05) is 6.07 Å². The fraction of sp³-hybridized carbons (Fsp3) is 0.619. The van der Waals surface area contributed by atoms with Gasteiger partial charge in [0, 0.05) is 19.1 Å². The van der Waals surface area contributed by atoms with E-state index in [-0.39, 0.29) is 17.7 Å². The molecule has 3 aliphatic rings. The SMILES string of the molecule is CC(C)(C(=O)N1CCC[C@@H](C(=O)NC2CC2)C1)c1ccc2c(c1)OCCO2. The minimum absolute atomic E-state index is 0.0584. The van der Waals surface area contributed by atoms with E-state index >= 15 is 0 Å². The number of nitrogens with one attached hydrogen (secondary N) is 1. The maximum absolute atomic E-state index is 13.3. The Morgan fingerprint density at radius 3 is 2.59 bits per heavy atom. The Kier molecular flexibility index (Phi) is 4.74. The lowest BCUT2D eigenvalue weighted by molar-refractivity contribution is -0.140. The first-order valence-electron chi connectivity index (χ1n) is 9.95. The molecule has 1 atom stereocenters. The Labute approximate surface area is 160 Å². The molecule has 2 heterocycles. The third-order valence-corrected chi connectivity index (χ3v) is 5.80. The third kappa shape index (κ3) is 3.75. The highest BCUT2D eigenvalue weighted by molar-refractivity contribution is 5.88. The molecule has 1 aromatic carbocycles. The second-order valence-corrected chi connectivity index (χ2v) is 8.36. The molecule has 0 radical (unpaired) electrons. The summed E-state index contributed by atoms with van der Waals surface area (Å²) in [4.78, 5) is 27.6. The van der Waals surface area contributed by atoms with Gasteiger partial charge in [-0.25, -0.2) is 0 Å². The Morgan fingerprint density at radius 1 is 1.11 bits per heavy atom. The fourth-order valence-corrected chi connectivity index (χ4v) is 3.87. The first kappa shape index (κ1) is 18.1. The molecule has 4 rings (SSSR count). The van der Waals surface area contributed by atoms with Gasteiger partial charge in [0.15, 0.2) is 11.5 Å². The van der Waals surface area contributed by atoms with Crippen LogP contribution in [0.15, 0.2) is 18.2 Å². The van der Waals surface area contributed by atoms with Crippen LogP contribution in [0.2, 0.25) is 0 Å². The lowest BCUT2D eigenvalue weighted by Crippen LogP contribution is -2.50. The van der Waals surface area contributed by atoms with Gasteiger partial charge in [0.25, 0.3) is 0 Å². The van der Waals surface area contributed by atoms with Crippen molar-refractivity contribution in [2.24, 2.45) is 5.92 Å². The van der Waals surface area contributed by atoms with Crippen molar-refractivity contribution in [3.63, 3.8) is 0 Å². The zero-order valence-corrected chi connectivity index (χ0v) is 16.1. The first-order valence-corrected chi connectivity index (χ1v) is 9.95. The highest BCUT2D eigenvalue weighted by Crippen LogP contribution is 2.36. The molecule has 146 valence electrons. The summed E-state index contributed by atoms with van der Waals surface area (Å²) in [7, 11) is 0. The number of hydrogen-bond acceptors (Lipinski definition) is 4. The fourth-order valence-electron chi connectivity index (χ4n) is 3.87. The van der Waals surface area contributed by atoms with Crippen molar-refractivity contribution in [1.29, 1.82) is 0 Å². The lowest BCUT2D eigenvalue weighted by Gasteiger charge is -2.37. The highest BCUT2D eigenvalue weighted by atomic mass is 16.6. The normalized spacial score (nSPS) is 22.3. The Balaban J connectivity index is 1.47. The van der Waals surface area contributed by atoms with Crippen molar-refractivity contribution in [3.8, 4) is 11.5 Å². The topological polar surface area (TPSA) is 67.9 Å². The van der Waals surface area contributed by atoms with E-state index in [1.54, 1.807) is 0 Å². The summed E-state index contributed by atoms with van der Waals surface area (Å²) in [6.45, 7) is 6.16. The van der Waals surface area contributed by atoms with Crippen LogP contribution in [0, 0.1) is 5.92 Å². The van der Waals surface area contributed by atoms with Gasteiger partial charge < -0.3 is 19.7 Å². The standard InChI is InChI=1S/C21H28N2O4/c1-21(2,15-5-8-17-18(12-15)27-11-10-26-17)20(25)23-9-3-4-14(13-23)19(24)22-16-6-7-16/h5,8,12,14,16H,3-4,6-7,9-11,13H2,1-2H3,(H,22,24)/t14-/m1/s1. The van der Waals surface area contributed by atoms with Gasteiger partial charge >= 0.3 is 0 Å². The maximum atomic E-state index is 13.3. The van der Waals surface area contributed by atoms with Crippen molar-refractivity contribution in [1.82, 2.24) is 10.2 Å². The number of ether oxygens (including phenoxy) is 2. The van der Waals surface area contributed by atoms with Gasteiger partial charge in [0.2, 0.25) is 11.8 Å². The number of likely N-dealkylation sites (tertiary alicyclic amines) is 1. The predicted molar refractivity (Wildman–Crippen MR) is 101 cm³/mol. The van der Waals surface area contributed by atoms with Crippen LogP contribution >= 0.6 is 0 Å². The summed E-state index contributed by atoms with van der Waals surface area (Å²) in [5.74, 6) is 1.48. The molecule has 1 saturated carbocycles. The van der Waals surface area contributed by atoms with Crippen LogP contribution < -0.4 is 14.8 Å². The Morgan fingerprint density at radius 2 is 1.85 bits per heavy atom. The third-order valence-electron chi connectivity index (χ3n) is 5.80. The molecule has 1 aliphatic carbocycles. The summed E-state index contributed by atoms with van der Waals surface area (Å²) in [6.07, 6.45) is 3.88. The average Bonchev–Trinajstić information content (AvgIpc) is 3.51. The van der Waals surface area contributed by atoms with Crippen LogP contribution in [-0.2, 0) is 15.0 Å². The number of fused-ring (bicyclic) bond motifs is 1. The second-order valence-electron chi connectivity index (χ2n) is 8.36. The molecular weight excluding hydrogens is 344 g/mol. The molecule has 27 heavy (non-hydrogen) atoms. The summed E-state index contributed by atoms with van der Waals surface area (Å²) < 4.78 is 11.3. The number of carbonyl (C=O) groups excluding carboxylic acids is 2. The number of benzene rings is 1. The maximum Gasteiger partial charge on any atom is 0.232 e. The largest absolute Gasteiger partial charge is 0.486 e. The van der Waals surface area contributed by atoms with Gasteiger partial charge in [0.1, 0.15) is 13.2 Å². The van der Waals surface area contributed by atoms with Crippen LogP contribution in [0.3, 0.4) is 0 Å². The van der Waals surface area contributed by atoms with Crippen LogP contribution in [0.5, 0.6) is 11.5 Å². The zero-order valence-electron chi connectivity index (χ0n) is 16.1. The van der Waals surface area contributed by atoms with E-state index < -0.39 is 5.41 Å². The molecule has 1 aromatic rings. The number of rotatable bonds is 4. The van der Waals surface area contributed by atoms with Crippen LogP contribution in [-0.4, -0.2) is 49.1 Å². The van der Waals surface area contributed by atoms with E-state index in [1.165, 1.54) is 0 Å². The minimum atomic E-state index is -0.690. The molecule has 0 unspecified atom stereocenters. The van der Waals surface area contributed by atoms with Crippen molar-refractivity contribution in [3.05, 3.63) is 23.8 Å². The number of hydrogen-bond donors (Lipinski definition) is 1. The van der Waals surface area contributed by atoms with Crippen molar-refractivity contribution < 1.29 is 19.1 Å². The van der Waals surface area contributed by atoms with Gasteiger partial charge in [0.05, 0.1) is 11.3 Å². The summed E-state index contributed by atoms with van der Waals surface area (Å²) in [6, 6.07) is 6.08. The Bertz CT molecular complexity index is 742. The van der Waals surface area contributed by atoms with Gasteiger partial charge in [-0.05, 0) is 57.2 Å². The quantitative estimate of drug-likeness (QED) is 0.880. The van der Waals surface area contributed by atoms with Crippen molar-refractivity contribution >= 4 is 11.8 Å². The monoisotopic (exact) mass is 372 g/mol. The molecular formula is C21H28N2O4. The number of carbonyl (C=O) groups is 2. The smallest absolute Gasteiger partial charge is 0.232 e. The molecule has 0 aromatic heterocycles.